The lowest BCUT2D eigenvalue weighted by Crippen LogP contribution is -2.11. The summed E-state index contributed by atoms with van der Waals surface area (Å²) in [5, 5.41) is 14.1. The van der Waals surface area contributed by atoms with E-state index in [1.807, 2.05) is 11.7 Å². The Bertz CT molecular complexity index is 580. The summed E-state index contributed by atoms with van der Waals surface area (Å²) >= 11 is 3.58. The van der Waals surface area contributed by atoms with Crippen LogP contribution >= 0.6 is 15.9 Å². The SMILES string of the molecule is CCc1nn(C)c(CC(CO)c2ccc(F)cc2)c1Br. The molecule has 1 aromatic heterocycles. The quantitative estimate of drug-likeness (QED) is 0.907. The van der Waals surface area contributed by atoms with Crippen molar-refractivity contribution in [1.82, 2.24) is 9.78 Å². The highest BCUT2D eigenvalue weighted by atomic mass is 79.9. The van der Waals surface area contributed by atoms with Crippen molar-refractivity contribution in [1.29, 1.82) is 0 Å². The van der Waals surface area contributed by atoms with E-state index < -0.39 is 0 Å². The number of aliphatic hydroxyl groups excluding tert-OH is 1. The van der Waals surface area contributed by atoms with Gasteiger partial charge in [0.15, 0.2) is 0 Å². The molecule has 1 atom stereocenters. The van der Waals surface area contributed by atoms with Crippen LogP contribution in [-0.4, -0.2) is 21.5 Å². The van der Waals surface area contributed by atoms with Crippen LogP contribution in [0.25, 0.3) is 0 Å². The van der Waals surface area contributed by atoms with Crippen LogP contribution in [0.3, 0.4) is 0 Å². The van der Waals surface area contributed by atoms with Gasteiger partial charge in [-0.25, -0.2) is 4.39 Å². The maximum Gasteiger partial charge on any atom is 0.123 e. The number of hydrogen-bond acceptors (Lipinski definition) is 2. The molecule has 5 heteroatoms. The minimum absolute atomic E-state index is 0.0186. The minimum atomic E-state index is -0.263. The normalized spacial score (nSPS) is 12.7. The molecule has 0 aliphatic heterocycles. The highest BCUT2D eigenvalue weighted by Gasteiger charge is 2.18. The number of hydrogen-bond donors (Lipinski definition) is 1. The average Bonchev–Trinajstić information content (AvgIpc) is 2.72. The summed E-state index contributed by atoms with van der Waals surface area (Å²) < 4.78 is 15.8. The van der Waals surface area contributed by atoms with Gasteiger partial charge in [-0.2, -0.15) is 5.10 Å². The summed E-state index contributed by atoms with van der Waals surface area (Å²) in [5.74, 6) is -0.326. The van der Waals surface area contributed by atoms with Gasteiger partial charge in [0, 0.05) is 13.0 Å². The van der Waals surface area contributed by atoms with Gasteiger partial charge in [0.1, 0.15) is 5.82 Å². The van der Waals surface area contributed by atoms with Crippen molar-refractivity contribution in [2.24, 2.45) is 7.05 Å². The molecular formula is C15H18BrFN2O. The molecule has 108 valence electrons. The van der Waals surface area contributed by atoms with E-state index in [1.54, 1.807) is 12.1 Å². The van der Waals surface area contributed by atoms with E-state index in [9.17, 15) is 9.50 Å². The van der Waals surface area contributed by atoms with Crippen LogP contribution in [0.2, 0.25) is 0 Å². The molecule has 0 aliphatic rings. The van der Waals surface area contributed by atoms with Crippen LogP contribution < -0.4 is 0 Å². The van der Waals surface area contributed by atoms with Gasteiger partial charge in [-0.3, -0.25) is 4.68 Å². The molecule has 0 fully saturated rings. The Morgan fingerprint density at radius 1 is 1.35 bits per heavy atom. The van der Waals surface area contributed by atoms with E-state index in [2.05, 4.69) is 28.0 Å². The second-order valence-corrected chi connectivity index (χ2v) is 5.61. The van der Waals surface area contributed by atoms with Crippen LogP contribution in [0.15, 0.2) is 28.7 Å². The fourth-order valence-electron chi connectivity index (χ4n) is 2.30. The lowest BCUT2D eigenvalue weighted by molar-refractivity contribution is 0.263. The maximum absolute atomic E-state index is 13.0. The number of aryl methyl sites for hydroxylation is 2. The minimum Gasteiger partial charge on any atom is -0.396 e. The molecular weight excluding hydrogens is 323 g/mol. The van der Waals surface area contributed by atoms with Crippen LogP contribution in [0.4, 0.5) is 4.39 Å². The van der Waals surface area contributed by atoms with E-state index >= 15 is 0 Å². The van der Waals surface area contributed by atoms with Crippen molar-refractivity contribution in [3.8, 4) is 0 Å². The predicted molar refractivity (Wildman–Crippen MR) is 80.2 cm³/mol. The second kappa shape index (κ2) is 6.50. The van der Waals surface area contributed by atoms with Crippen LogP contribution in [0.5, 0.6) is 0 Å². The maximum atomic E-state index is 13.0. The summed E-state index contributed by atoms with van der Waals surface area (Å²) in [4.78, 5) is 0. The van der Waals surface area contributed by atoms with E-state index in [0.29, 0.717) is 6.42 Å². The molecule has 1 unspecified atom stereocenters. The average molecular weight is 341 g/mol. The molecule has 2 aromatic rings. The highest BCUT2D eigenvalue weighted by Crippen LogP contribution is 2.27. The Morgan fingerprint density at radius 2 is 2.00 bits per heavy atom. The van der Waals surface area contributed by atoms with Crippen molar-refractivity contribution < 1.29 is 9.50 Å². The number of rotatable bonds is 5. The molecule has 0 bridgehead atoms. The molecule has 0 saturated carbocycles. The molecule has 0 aliphatic carbocycles. The zero-order chi connectivity index (χ0) is 14.7. The number of halogens is 2. The van der Waals surface area contributed by atoms with Crippen LogP contribution in [0, 0.1) is 5.82 Å². The Labute approximate surface area is 126 Å². The van der Waals surface area contributed by atoms with E-state index in [4.69, 9.17) is 0 Å². The molecule has 0 saturated heterocycles. The largest absolute Gasteiger partial charge is 0.396 e. The van der Waals surface area contributed by atoms with Crippen molar-refractivity contribution in [2.75, 3.05) is 6.61 Å². The predicted octanol–water partition coefficient (Wildman–Crippen LogP) is 3.20. The smallest absolute Gasteiger partial charge is 0.123 e. The lowest BCUT2D eigenvalue weighted by atomic mass is 9.95. The summed E-state index contributed by atoms with van der Waals surface area (Å²) in [6, 6.07) is 6.30. The van der Waals surface area contributed by atoms with E-state index in [0.717, 1.165) is 27.8 Å². The fraction of sp³-hybridized carbons (Fsp3) is 0.400. The van der Waals surface area contributed by atoms with Gasteiger partial charge < -0.3 is 5.11 Å². The lowest BCUT2D eigenvalue weighted by Gasteiger charge is -2.15. The Hall–Kier alpha value is -1.20. The molecule has 2 rings (SSSR count). The van der Waals surface area contributed by atoms with Gasteiger partial charge in [0.25, 0.3) is 0 Å². The molecule has 0 radical (unpaired) electrons. The molecule has 1 aromatic carbocycles. The molecule has 3 nitrogen and oxygen atoms in total. The first-order valence-electron chi connectivity index (χ1n) is 6.63. The fourth-order valence-corrected chi connectivity index (χ4v) is 3.08. The Balaban J connectivity index is 2.26. The van der Waals surface area contributed by atoms with Gasteiger partial charge in [-0.05, 0) is 46.5 Å². The number of benzene rings is 1. The Kier molecular flexibility index (Phi) is 4.94. The third-order valence-electron chi connectivity index (χ3n) is 3.50. The monoisotopic (exact) mass is 340 g/mol. The van der Waals surface area contributed by atoms with Crippen LogP contribution in [0.1, 0.15) is 29.8 Å². The van der Waals surface area contributed by atoms with Gasteiger partial charge in [0.05, 0.1) is 22.5 Å². The molecule has 1 N–H and O–H groups in total. The molecule has 0 amide bonds. The third-order valence-corrected chi connectivity index (χ3v) is 4.42. The van der Waals surface area contributed by atoms with Gasteiger partial charge in [0.2, 0.25) is 0 Å². The summed E-state index contributed by atoms with van der Waals surface area (Å²) in [5.41, 5.74) is 2.99. The molecule has 20 heavy (non-hydrogen) atoms. The zero-order valence-electron chi connectivity index (χ0n) is 11.6. The van der Waals surface area contributed by atoms with E-state index in [1.165, 1.54) is 12.1 Å². The van der Waals surface area contributed by atoms with Gasteiger partial charge in [-0.1, -0.05) is 19.1 Å². The van der Waals surface area contributed by atoms with Crippen molar-refractivity contribution in [3.05, 3.63) is 51.5 Å². The zero-order valence-corrected chi connectivity index (χ0v) is 13.2. The second-order valence-electron chi connectivity index (χ2n) is 4.82. The standard InChI is InChI=1S/C15H18BrFN2O/c1-3-13-15(16)14(19(2)18-13)8-11(9-20)10-4-6-12(17)7-5-10/h4-7,11,20H,3,8-9H2,1-2H3. The van der Waals surface area contributed by atoms with Crippen molar-refractivity contribution in [3.63, 3.8) is 0 Å². The first kappa shape index (κ1) is 15.2. The summed E-state index contributed by atoms with van der Waals surface area (Å²) in [6.45, 7) is 2.07. The van der Waals surface area contributed by atoms with Crippen molar-refractivity contribution >= 4 is 15.9 Å². The Morgan fingerprint density at radius 3 is 2.50 bits per heavy atom. The first-order chi connectivity index (χ1) is 9.56. The highest BCUT2D eigenvalue weighted by molar-refractivity contribution is 9.10. The van der Waals surface area contributed by atoms with Crippen LogP contribution in [-0.2, 0) is 19.9 Å². The number of nitrogens with zero attached hydrogens (tertiary/aromatic N) is 2. The first-order valence-corrected chi connectivity index (χ1v) is 7.42. The topological polar surface area (TPSA) is 38.0 Å². The van der Waals surface area contributed by atoms with Gasteiger partial charge >= 0.3 is 0 Å². The summed E-state index contributed by atoms with van der Waals surface area (Å²) in [7, 11) is 1.90. The van der Waals surface area contributed by atoms with E-state index in [-0.39, 0.29) is 18.3 Å². The van der Waals surface area contributed by atoms with Gasteiger partial charge in [-0.15, -0.1) is 0 Å². The number of aliphatic hydroxyl groups is 1. The summed E-state index contributed by atoms with van der Waals surface area (Å²) in [6.07, 6.45) is 1.51. The molecule has 1 heterocycles. The number of aromatic nitrogens is 2. The molecule has 0 spiro atoms. The third kappa shape index (κ3) is 3.10. The van der Waals surface area contributed by atoms with Crippen molar-refractivity contribution in [2.45, 2.75) is 25.7 Å².